The maximum absolute atomic E-state index is 13.5. The molecular weight excluding hydrogens is 369 g/mol. The summed E-state index contributed by atoms with van der Waals surface area (Å²) < 4.78 is 40.4. The number of aliphatic imine (C=N–C) groups is 1. The molecule has 0 saturated carbocycles. The highest BCUT2D eigenvalue weighted by atomic mass is 19.4. The number of para-hydroxylation sites is 1. The molecule has 0 fully saturated rings. The van der Waals surface area contributed by atoms with Crippen molar-refractivity contribution in [2.45, 2.75) is 6.18 Å². The van der Waals surface area contributed by atoms with Gasteiger partial charge in [0.25, 0.3) is 0 Å². The first-order chi connectivity index (χ1) is 13.3. The van der Waals surface area contributed by atoms with Crippen LogP contribution in [0.1, 0.15) is 11.1 Å². The van der Waals surface area contributed by atoms with E-state index >= 15 is 0 Å². The Hall–Kier alpha value is -3.00. The van der Waals surface area contributed by atoms with E-state index in [2.05, 4.69) is 15.3 Å². The van der Waals surface area contributed by atoms with Crippen molar-refractivity contribution in [2.24, 2.45) is 4.99 Å². The number of hydrogen-bond acceptors (Lipinski definition) is 4. The van der Waals surface area contributed by atoms with Crippen LogP contribution in [0, 0.1) is 0 Å². The lowest BCUT2D eigenvalue weighted by atomic mass is 10.1. The molecule has 0 spiro atoms. The molecule has 1 aromatic heterocycles. The Morgan fingerprint density at radius 2 is 1.93 bits per heavy atom. The number of nitrogens with zero attached hydrogens (tertiary/aromatic N) is 2. The van der Waals surface area contributed by atoms with E-state index in [0.29, 0.717) is 18.7 Å². The smallest absolute Gasteiger partial charge is 0.418 e. The number of H-pyrrole nitrogens is 1. The minimum Gasteiger partial charge on any atom is -0.494 e. The second-order valence-electron chi connectivity index (χ2n) is 6.65. The molecule has 8 heteroatoms. The highest BCUT2D eigenvalue weighted by molar-refractivity contribution is 6.02. The Labute approximate surface area is 160 Å². The predicted octanol–water partition coefficient (Wildman–Crippen LogP) is 4.62. The Morgan fingerprint density at radius 3 is 2.64 bits per heavy atom. The molecule has 1 heterocycles. The lowest BCUT2D eigenvalue weighted by molar-refractivity contribution is -0.136. The van der Waals surface area contributed by atoms with E-state index in [9.17, 15) is 18.3 Å². The number of aromatic hydroxyl groups is 1. The van der Waals surface area contributed by atoms with E-state index in [0.717, 1.165) is 17.0 Å². The van der Waals surface area contributed by atoms with Crippen molar-refractivity contribution < 1.29 is 18.3 Å². The van der Waals surface area contributed by atoms with Crippen LogP contribution in [0.4, 0.5) is 24.5 Å². The number of likely N-dealkylation sites (N-methyl/N-ethyl adjacent to an activating group) is 1. The molecule has 148 valence electrons. The van der Waals surface area contributed by atoms with E-state index in [1.165, 1.54) is 18.3 Å². The maximum Gasteiger partial charge on any atom is 0.418 e. The average molecular weight is 390 g/mol. The number of aromatic amines is 1. The number of hydrogen-bond donors (Lipinski definition) is 3. The number of nitrogens with one attached hydrogen (secondary N) is 2. The molecular formula is C20H21F3N4O. The van der Waals surface area contributed by atoms with Crippen molar-refractivity contribution in [3.63, 3.8) is 0 Å². The summed E-state index contributed by atoms with van der Waals surface area (Å²) in [5.41, 5.74) is 0.540. The molecule has 0 atom stereocenters. The predicted molar refractivity (Wildman–Crippen MR) is 106 cm³/mol. The number of alkyl halides is 3. The van der Waals surface area contributed by atoms with Crippen LogP contribution in [0.25, 0.3) is 10.9 Å². The molecule has 2 aromatic carbocycles. The van der Waals surface area contributed by atoms with Gasteiger partial charge in [0, 0.05) is 35.9 Å². The molecule has 0 radical (unpaired) electrons. The second-order valence-corrected chi connectivity index (χ2v) is 6.65. The van der Waals surface area contributed by atoms with E-state index in [4.69, 9.17) is 0 Å². The Kier molecular flexibility index (Phi) is 5.60. The van der Waals surface area contributed by atoms with Crippen molar-refractivity contribution in [3.05, 3.63) is 53.6 Å². The van der Waals surface area contributed by atoms with Crippen LogP contribution in [-0.4, -0.2) is 48.4 Å². The molecule has 0 saturated heterocycles. The average Bonchev–Trinajstić information content (AvgIpc) is 2.94. The van der Waals surface area contributed by atoms with Gasteiger partial charge in [-0.3, -0.25) is 4.99 Å². The quantitative estimate of drug-likeness (QED) is 0.539. The van der Waals surface area contributed by atoms with Gasteiger partial charge in [-0.2, -0.15) is 13.2 Å². The molecule has 0 aliphatic heterocycles. The number of rotatable bonds is 6. The summed E-state index contributed by atoms with van der Waals surface area (Å²) >= 11 is 0. The molecule has 28 heavy (non-hydrogen) atoms. The molecule has 5 nitrogen and oxygen atoms in total. The highest BCUT2D eigenvalue weighted by Gasteiger charge is 2.33. The molecule has 3 N–H and O–H groups in total. The van der Waals surface area contributed by atoms with E-state index in [1.54, 1.807) is 12.1 Å². The SMILES string of the molecule is CN(C)CCNc1ccc(N=Cc2c(O)[nH]c3ccccc23)cc1C(F)(F)F. The third kappa shape index (κ3) is 4.45. The summed E-state index contributed by atoms with van der Waals surface area (Å²) in [5, 5.41) is 13.6. The third-order valence-corrected chi connectivity index (χ3v) is 4.25. The van der Waals surface area contributed by atoms with Crippen LogP contribution in [0.15, 0.2) is 47.5 Å². The van der Waals surface area contributed by atoms with Gasteiger partial charge in [-0.25, -0.2) is 0 Å². The van der Waals surface area contributed by atoms with Crippen LogP contribution in [0.3, 0.4) is 0 Å². The molecule has 0 amide bonds. The summed E-state index contributed by atoms with van der Waals surface area (Å²) in [6.07, 6.45) is -3.14. The lowest BCUT2D eigenvalue weighted by Gasteiger charge is -2.16. The zero-order chi connectivity index (χ0) is 20.3. The van der Waals surface area contributed by atoms with Gasteiger partial charge in [-0.1, -0.05) is 18.2 Å². The number of benzene rings is 2. The molecule has 3 rings (SSSR count). The van der Waals surface area contributed by atoms with Gasteiger partial charge >= 0.3 is 6.18 Å². The van der Waals surface area contributed by atoms with Crippen molar-refractivity contribution in [2.75, 3.05) is 32.5 Å². The largest absolute Gasteiger partial charge is 0.494 e. The van der Waals surface area contributed by atoms with Crippen LogP contribution in [0.5, 0.6) is 5.88 Å². The molecule has 0 aliphatic carbocycles. The zero-order valence-corrected chi connectivity index (χ0v) is 15.5. The first kappa shape index (κ1) is 19.8. The third-order valence-electron chi connectivity index (χ3n) is 4.25. The van der Waals surface area contributed by atoms with Crippen LogP contribution in [0.2, 0.25) is 0 Å². The van der Waals surface area contributed by atoms with Gasteiger partial charge in [0.2, 0.25) is 0 Å². The molecule has 0 unspecified atom stereocenters. The first-order valence-electron chi connectivity index (χ1n) is 8.69. The fourth-order valence-corrected chi connectivity index (χ4v) is 2.83. The van der Waals surface area contributed by atoms with Gasteiger partial charge < -0.3 is 20.3 Å². The van der Waals surface area contributed by atoms with Crippen molar-refractivity contribution in [3.8, 4) is 5.88 Å². The van der Waals surface area contributed by atoms with Crippen molar-refractivity contribution in [1.82, 2.24) is 9.88 Å². The van der Waals surface area contributed by atoms with Crippen LogP contribution < -0.4 is 5.32 Å². The Bertz CT molecular complexity index is 993. The number of anilines is 1. The number of halogens is 3. The van der Waals surface area contributed by atoms with Gasteiger partial charge in [0.1, 0.15) is 0 Å². The summed E-state index contributed by atoms with van der Waals surface area (Å²) in [5.74, 6) is -0.0806. The Balaban J connectivity index is 1.89. The lowest BCUT2D eigenvalue weighted by Crippen LogP contribution is -2.22. The fraction of sp³-hybridized carbons (Fsp3) is 0.250. The maximum atomic E-state index is 13.5. The van der Waals surface area contributed by atoms with Crippen molar-refractivity contribution >= 4 is 28.5 Å². The van der Waals surface area contributed by atoms with E-state index in [-0.39, 0.29) is 17.3 Å². The molecule has 3 aromatic rings. The van der Waals surface area contributed by atoms with Crippen LogP contribution in [-0.2, 0) is 6.18 Å². The number of aromatic nitrogens is 1. The van der Waals surface area contributed by atoms with Gasteiger partial charge in [0.15, 0.2) is 5.88 Å². The highest BCUT2D eigenvalue weighted by Crippen LogP contribution is 2.37. The second kappa shape index (κ2) is 7.93. The minimum absolute atomic E-state index is 0.0169. The summed E-state index contributed by atoms with van der Waals surface area (Å²) in [4.78, 5) is 8.83. The van der Waals surface area contributed by atoms with Gasteiger partial charge in [0.05, 0.1) is 16.8 Å². The zero-order valence-electron chi connectivity index (χ0n) is 15.5. The normalized spacial score (nSPS) is 12.4. The Morgan fingerprint density at radius 1 is 1.18 bits per heavy atom. The number of fused-ring (bicyclic) bond motifs is 1. The summed E-state index contributed by atoms with van der Waals surface area (Å²) in [6.45, 7) is 0.999. The summed E-state index contributed by atoms with van der Waals surface area (Å²) in [6, 6.07) is 11.1. The van der Waals surface area contributed by atoms with Crippen molar-refractivity contribution in [1.29, 1.82) is 0 Å². The first-order valence-corrected chi connectivity index (χ1v) is 8.69. The van der Waals surface area contributed by atoms with Gasteiger partial charge in [-0.05, 0) is 38.4 Å². The topological polar surface area (TPSA) is 63.6 Å². The van der Waals surface area contributed by atoms with E-state index in [1.807, 2.05) is 31.1 Å². The summed E-state index contributed by atoms with van der Waals surface area (Å²) in [7, 11) is 3.70. The van der Waals surface area contributed by atoms with Gasteiger partial charge in [-0.15, -0.1) is 0 Å². The minimum atomic E-state index is -4.51. The van der Waals surface area contributed by atoms with Crippen LogP contribution >= 0.6 is 0 Å². The fourth-order valence-electron chi connectivity index (χ4n) is 2.83. The van der Waals surface area contributed by atoms with E-state index < -0.39 is 11.7 Å². The monoisotopic (exact) mass is 390 g/mol. The standard InChI is InChI=1S/C20H21F3N4O/c1-27(2)10-9-24-18-8-7-13(11-16(18)20(21,22)23)25-12-15-14-5-3-4-6-17(14)26-19(15)28/h3-8,11-12,24,26,28H,9-10H2,1-2H3. The molecule has 0 bridgehead atoms. The molecule has 0 aliphatic rings.